The van der Waals surface area contributed by atoms with Crippen molar-refractivity contribution in [1.82, 2.24) is 10.2 Å². The summed E-state index contributed by atoms with van der Waals surface area (Å²) in [5.41, 5.74) is 0. The number of urea groups is 1. The van der Waals surface area contributed by atoms with E-state index in [9.17, 15) is 9.18 Å². The fourth-order valence-electron chi connectivity index (χ4n) is 1.36. The van der Waals surface area contributed by atoms with Gasteiger partial charge >= 0.3 is 6.03 Å². The zero-order valence-corrected chi connectivity index (χ0v) is 11.6. The number of likely N-dealkylation sites (N-methyl/N-ethyl adjacent to an activating group) is 1. The quantitative estimate of drug-likeness (QED) is 0.861. The fourth-order valence-corrected chi connectivity index (χ4v) is 1.36. The molecular weight excluding hydrogens is 247 g/mol. The second-order valence-corrected chi connectivity index (χ2v) is 4.80. The Balaban J connectivity index is 2.24. The fraction of sp³-hybridized carbons (Fsp3) is 0.500. The summed E-state index contributed by atoms with van der Waals surface area (Å²) < 4.78 is 18.1. The van der Waals surface area contributed by atoms with Crippen molar-refractivity contribution >= 4 is 6.03 Å². The van der Waals surface area contributed by atoms with Crippen molar-refractivity contribution in [3.8, 4) is 5.75 Å². The van der Waals surface area contributed by atoms with Crippen LogP contribution in [0.2, 0.25) is 0 Å². The van der Waals surface area contributed by atoms with E-state index in [-0.39, 0.29) is 11.8 Å². The predicted molar refractivity (Wildman–Crippen MR) is 72.8 cm³/mol. The topological polar surface area (TPSA) is 41.6 Å². The lowest BCUT2D eigenvalue weighted by molar-refractivity contribution is 0.194. The van der Waals surface area contributed by atoms with Crippen LogP contribution in [0.1, 0.15) is 13.8 Å². The van der Waals surface area contributed by atoms with E-state index in [4.69, 9.17) is 4.74 Å². The van der Waals surface area contributed by atoms with Crippen molar-refractivity contribution < 1.29 is 13.9 Å². The number of hydrogen-bond acceptors (Lipinski definition) is 2. The van der Waals surface area contributed by atoms with E-state index in [0.29, 0.717) is 31.4 Å². The molecule has 0 radical (unpaired) electrons. The summed E-state index contributed by atoms with van der Waals surface area (Å²) >= 11 is 0. The maximum Gasteiger partial charge on any atom is 0.317 e. The summed E-state index contributed by atoms with van der Waals surface area (Å²) in [7, 11) is 1.71. The normalized spacial score (nSPS) is 10.4. The summed E-state index contributed by atoms with van der Waals surface area (Å²) in [5, 5.41) is 2.82. The maximum absolute atomic E-state index is 12.7. The molecule has 5 heteroatoms. The summed E-state index contributed by atoms with van der Waals surface area (Å²) in [5.74, 6) is 0.725. The Morgan fingerprint density at radius 1 is 1.37 bits per heavy atom. The van der Waals surface area contributed by atoms with Crippen molar-refractivity contribution in [1.29, 1.82) is 0 Å². The van der Waals surface area contributed by atoms with E-state index in [1.807, 2.05) is 13.8 Å². The van der Waals surface area contributed by atoms with Gasteiger partial charge in [0.05, 0.1) is 6.54 Å². The molecule has 0 aliphatic rings. The van der Waals surface area contributed by atoms with E-state index in [2.05, 4.69) is 5.32 Å². The van der Waals surface area contributed by atoms with Crippen LogP contribution in [0.4, 0.5) is 9.18 Å². The van der Waals surface area contributed by atoms with E-state index in [1.165, 1.54) is 12.1 Å². The molecule has 0 aromatic heterocycles. The average Bonchev–Trinajstić information content (AvgIpc) is 2.38. The highest BCUT2D eigenvalue weighted by Gasteiger charge is 2.08. The van der Waals surface area contributed by atoms with Gasteiger partial charge in [0.25, 0.3) is 0 Å². The highest BCUT2D eigenvalue weighted by Crippen LogP contribution is 2.10. The Hall–Kier alpha value is -1.78. The van der Waals surface area contributed by atoms with Gasteiger partial charge in [0.2, 0.25) is 0 Å². The zero-order chi connectivity index (χ0) is 14.3. The number of amides is 2. The molecule has 1 rings (SSSR count). The number of hydrogen-bond donors (Lipinski definition) is 1. The van der Waals surface area contributed by atoms with Gasteiger partial charge in [-0.3, -0.25) is 0 Å². The number of carbonyl (C=O) groups excluding carboxylic acids is 1. The van der Waals surface area contributed by atoms with Crippen molar-refractivity contribution in [3.63, 3.8) is 0 Å². The highest BCUT2D eigenvalue weighted by molar-refractivity contribution is 5.73. The van der Waals surface area contributed by atoms with Crippen LogP contribution < -0.4 is 10.1 Å². The maximum atomic E-state index is 12.7. The van der Waals surface area contributed by atoms with Gasteiger partial charge in [-0.2, -0.15) is 0 Å². The van der Waals surface area contributed by atoms with Gasteiger partial charge in [-0.1, -0.05) is 13.8 Å². The van der Waals surface area contributed by atoms with Crippen LogP contribution in [0.5, 0.6) is 5.75 Å². The number of ether oxygens (including phenoxy) is 1. The average molecular weight is 268 g/mol. The number of rotatable bonds is 6. The molecule has 0 heterocycles. The second-order valence-electron chi connectivity index (χ2n) is 4.80. The van der Waals surface area contributed by atoms with E-state index < -0.39 is 0 Å². The number of halogens is 1. The van der Waals surface area contributed by atoms with Gasteiger partial charge in [-0.05, 0) is 30.2 Å². The Bertz CT molecular complexity index is 393. The van der Waals surface area contributed by atoms with E-state index in [0.717, 1.165) is 0 Å². The minimum atomic E-state index is -0.294. The Morgan fingerprint density at radius 2 is 2.00 bits per heavy atom. The zero-order valence-electron chi connectivity index (χ0n) is 11.6. The minimum Gasteiger partial charge on any atom is -0.492 e. The van der Waals surface area contributed by atoms with Crippen molar-refractivity contribution in [2.45, 2.75) is 13.8 Å². The molecule has 0 bridgehead atoms. The molecule has 1 N–H and O–H groups in total. The molecule has 1 aromatic carbocycles. The first-order valence-electron chi connectivity index (χ1n) is 6.36. The van der Waals surface area contributed by atoms with Crippen molar-refractivity contribution in [2.24, 2.45) is 5.92 Å². The highest BCUT2D eigenvalue weighted by atomic mass is 19.1. The van der Waals surface area contributed by atoms with Crippen LogP contribution in [0.15, 0.2) is 24.3 Å². The number of nitrogens with zero attached hydrogens (tertiary/aromatic N) is 1. The van der Waals surface area contributed by atoms with Crippen LogP contribution in [0.3, 0.4) is 0 Å². The molecule has 0 saturated carbocycles. The third kappa shape index (κ3) is 6.08. The standard InChI is InChI=1S/C14H21FN2O2/c1-11(2)10-16-14(18)17(3)8-9-19-13-6-4-12(15)5-7-13/h4-7,11H,8-10H2,1-3H3,(H,16,18). The second kappa shape index (κ2) is 7.61. The largest absolute Gasteiger partial charge is 0.492 e. The van der Waals surface area contributed by atoms with E-state index >= 15 is 0 Å². The van der Waals surface area contributed by atoms with Gasteiger partial charge in [-0.25, -0.2) is 9.18 Å². The van der Waals surface area contributed by atoms with Gasteiger partial charge < -0.3 is 15.0 Å². The molecule has 2 amide bonds. The number of benzene rings is 1. The molecule has 0 aliphatic carbocycles. The molecule has 0 aliphatic heterocycles. The van der Waals surface area contributed by atoms with Crippen LogP contribution in [0, 0.1) is 11.7 Å². The van der Waals surface area contributed by atoms with Crippen LogP contribution >= 0.6 is 0 Å². The van der Waals surface area contributed by atoms with Crippen LogP contribution in [-0.2, 0) is 0 Å². The van der Waals surface area contributed by atoms with Gasteiger partial charge in [0, 0.05) is 13.6 Å². The number of carbonyl (C=O) groups is 1. The lowest BCUT2D eigenvalue weighted by atomic mass is 10.2. The van der Waals surface area contributed by atoms with Crippen molar-refractivity contribution in [2.75, 3.05) is 26.7 Å². The molecule has 0 atom stereocenters. The SMILES string of the molecule is CC(C)CNC(=O)N(C)CCOc1ccc(F)cc1. The molecule has 4 nitrogen and oxygen atoms in total. The Labute approximate surface area is 113 Å². The summed E-state index contributed by atoms with van der Waals surface area (Å²) in [6, 6.07) is 5.70. The van der Waals surface area contributed by atoms with E-state index in [1.54, 1.807) is 24.1 Å². The van der Waals surface area contributed by atoms with Crippen LogP contribution in [-0.4, -0.2) is 37.7 Å². The molecule has 19 heavy (non-hydrogen) atoms. The molecule has 0 unspecified atom stereocenters. The Morgan fingerprint density at radius 3 is 2.58 bits per heavy atom. The molecule has 0 saturated heterocycles. The Kier molecular flexibility index (Phi) is 6.12. The van der Waals surface area contributed by atoms with Crippen LogP contribution in [0.25, 0.3) is 0 Å². The van der Waals surface area contributed by atoms with Gasteiger partial charge in [-0.15, -0.1) is 0 Å². The predicted octanol–water partition coefficient (Wildman–Crippen LogP) is 2.50. The van der Waals surface area contributed by atoms with Gasteiger partial charge in [0.1, 0.15) is 18.2 Å². The monoisotopic (exact) mass is 268 g/mol. The number of nitrogens with one attached hydrogen (secondary N) is 1. The molecule has 1 aromatic rings. The third-order valence-corrected chi connectivity index (χ3v) is 2.52. The third-order valence-electron chi connectivity index (χ3n) is 2.52. The molecule has 0 fully saturated rings. The lowest BCUT2D eigenvalue weighted by Crippen LogP contribution is -2.40. The van der Waals surface area contributed by atoms with Crippen molar-refractivity contribution in [3.05, 3.63) is 30.1 Å². The molecular formula is C14H21FN2O2. The first-order chi connectivity index (χ1) is 8.99. The molecule has 106 valence electrons. The minimum absolute atomic E-state index is 0.114. The smallest absolute Gasteiger partial charge is 0.317 e. The first-order valence-corrected chi connectivity index (χ1v) is 6.36. The van der Waals surface area contributed by atoms with Gasteiger partial charge in [0.15, 0.2) is 0 Å². The lowest BCUT2D eigenvalue weighted by Gasteiger charge is -2.19. The molecule has 0 spiro atoms. The summed E-state index contributed by atoms with van der Waals surface area (Å²) in [4.78, 5) is 13.2. The summed E-state index contributed by atoms with van der Waals surface area (Å²) in [6.45, 7) is 5.58. The summed E-state index contributed by atoms with van der Waals surface area (Å²) in [6.07, 6.45) is 0. The first kappa shape index (κ1) is 15.3.